The number of rotatable bonds is 6. The molecule has 0 N–H and O–H groups in total. The van der Waals surface area contributed by atoms with Crippen molar-refractivity contribution in [3.8, 4) is 5.75 Å². The lowest BCUT2D eigenvalue weighted by atomic mass is 10.0. The Kier molecular flexibility index (Phi) is 5.38. The van der Waals surface area contributed by atoms with Gasteiger partial charge in [0.1, 0.15) is 11.3 Å². The van der Waals surface area contributed by atoms with E-state index >= 15 is 0 Å². The minimum Gasteiger partial charge on any atom is -0.473 e. The monoisotopic (exact) mass is 377 g/mol. The van der Waals surface area contributed by atoms with Crippen LogP contribution in [-0.2, 0) is 19.4 Å². The second-order valence-electron chi connectivity index (χ2n) is 7.50. The second kappa shape index (κ2) is 8.09. The molecule has 0 saturated carbocycles. The summed E-state index contributed by atoms with van der Waals surface area (Å²) in [4.78, 5) is 14.3. The van der Waals surface area contributed by atoms with Crippen LogP contribution in [0.3, 0.4) is 0 Å². The molecule has 0 unspecified atom stereocenters. The third kappa shape index (κ3) is 3.64. The smallest absolute Gasteiger partial charge is 0.336 e. The van der Waals surface area contributed by atoms with Gasteiger partial charge in [0.05, 0.1) is 12.1 Å². The van der Waals surface area contributed by atoms with Crippen molar-refractivity contribution in [3.05, 3.63) is 69.6 Å². The normalized spacial score (nSPS) is 13.4. The summed E-state index contributed by atoms with van der Waals surface area (Å²) < 4.78 is 11.6. The zero-order valence-corrected chi connectivity index (χ0v) is 16.7. The first-order valence-electron chi connectivity index (χ1n) is 10.2. The van der Waals surface area contributed by atoms with E-state index in [4.69, 9.17) is 9.15 Å². The summed E-state index contributed by atoms with van der Waals surface area (Å²) in [5.74, 6) is 0.806. The van der Waals surface area contributed by atoms with Gasteiger partial charge in [0, 0.05) is 17.1 Å². The Hall–Kier alpha value is -2.75. The Morgan fingerprint density at radius 3 is 2.57 bits per heavy atom. The molecular formula is C24H27NO3. The van der Waals surface area contributed by atoms with Gasteiger partial charge >= 0.3 is 5.63 Å². The average Bonchev–Trinajstić information content (AvgIpc) is 2.72. The van der Waals surface area contributed by atoms with Gasteiger partial charge in [0.2, 0.25) is 0 Å². The van der Waals surface area contributed by atoms with Gasteiger partial charge in [-0.1, -0.05) is 38.8 Å². The highest BCUT2D eigenvalue weighted by Gasteiger charge is 2.22. The van der Waals surface area contributed by atoms with Gasteiger partial charge < -0.3 is 14.1 Å². The Morgan fingerprint density at radius 1 is 1.00 bits per heavy atom. The van der Waals surface area contributed by atoms with Gasteiger partial charge in [-0.25, -0.2) is 4.79 Å². The van der Waals surface area contributed by atoms with Crippen LogP contribution in [0.15, 0.2) is 51.7 Å². The third-order valence-electron chi connectivity index (χ3n) is 5.42. The number of nitrogens with zero attached hydrogens (tertiary/aromatic N) is 1. The molecule has 2 aromatic carbocycles. The molecule has 3 aromatic rings. The summed E-state index contributed by atoms with van der Waals surface area (Å²) in [7, 11) is 0. The van der Waals surface area contributed by atoms with Gasteiger partial charge in [-0.15, -0.1) is 0 Å². The topological polar surface area (TPSA) is 42.7 Å². The molecule has 0 aliphatic carbocycles. The summed E-state index contributed by atoms with van der Waals surface area (Å²) in [6.07, 6.45) is 5.39. The lowest BCUT2D eigenvalue weighted by molar-refractivity contribution is 0.289. The lowest BCUT2D eigenvalue weighted by Gasteiger charge is -2.31. The maximum Gasteiger partial charge on any atom is 0.336 e. The fourth-order valence-electron chi connectivity index (χ4n) is 3.89. The van der Waals surface area contributed by atoms with Gasteiger partial charge in [-0.2, -0.15) is 0 Å². The molecule has 4 nitrogen and oxygen atoms in total. The number of ether oxygens (including phenoxy) is 1. The first kappa shape index (κ1) is 18.6. The van der Waals surface area contributed by atoms with Crippen LogP contribution in [-0.4, -0.2) is 6.73 Å². The SMILES string of the molecule is CCCCc1ccc(N2COc3ccc4c(CCC)cc(=O)oc4c3C2)cc1. The fourth-order valence-corrected chi connectivity index (χ4v) is 3.89. The number of unbranched alkanes of at least 4 members (excludes halogenated alkanes) is 1. The molecular weight excluding hydrogens is 350 g/mol. The molecule has 0 atom stereocenters. The highest BCUT2D eigenvalue weighted by atomic mass is 16.5. The minimum absolute atomic E-state index is 0.290. The summed E-state index contributed by atoms with van der Waals surface area (Å²) in [6, 6.07) is 14.3. The van der Waals surface area contributed by atoms with E-state index in [9.17, 15) is 4.79 Å². The number of aryl methyl sites for hydroxylation is 2. The summed E-state index contributed by atoms with van der Waals surface area (Å²) in [5.41, 5.74) is 4.86. The van der Waals surface area contributed by atoms with Crippen molar-refractivity contribution in [2.75, 3.05) is 11.6 Å². The van der Waals surface area contributed by atoms with Gasteiger partial charge in [0.25, 0.3) is 0 Å². The number of fused-ring (bicyclic) bond motifs is 3. The van der Waals surface area contributed by atoms with Gasteiger partial charge in [0.15, 0.2) is 6.73 Å². The molecule has 2 heterocycles. The summed E-state index contributed by atoms with van der Waals surface area (Å²) >= 11 is 0. The Balaban J connectivity index is 1.67. The van der Waals surface area contributed by atoms with Crippen molar-refractivity contribution in [1.29, 1.82) is 0 Å². The van der Waals surface area contributed by atoms with E-state index in [-0.39, 0.29) is 5.63 Å². The van der Waals surface area contributed by atoms with Crippen molar-refractivity contribution < 1.29 is 9.15 Å². The molecule has 146 valence electrons. The molecule has 0 fully saturated rings. The van der Waals surface area contributed by atoms with E-state index < -0.39 is 0 Å². The van der Waals surface area contributed by atoms with Gasteiger partial charge in [-0.05, 0) is 54.7 Å². The first-order valence-corrected chi connectivity index (χ1v) is 10.2. The van der Waals surface area contributed by atoms with Crippen molar-refractivity contribution in [2.24, 2.45) is 0 Å². The molecule has 4 heteroatoms. The summed E-state index contributed by atoms with van der Waals surface area (Å²) in [6.45, 7) is 5.49. The molecule has 0 amide bonds. The molecule has 0 radical (unpaired) electrons. The van der Waals surface area contributed by atoms with Crippen molar-refractivity contribution in [2.45, 2.75) is 52.5 Å². The van der Waals surface area contributed by atoms with Crippen molar-refractivity contribution >= 4 is 16.7 Å². The number of benzene rings is 2. The van der Waals surface area contributed by atoms with Crippen LogP contribution in [0, 0.1) is 0 Å². The van der Waals surface area contributed by atoms with E-state index in [0.29, 0.717) is 18.9 Å². The standard InChI is InChI=1S/C24H27NO3/c1-3-5-7-17-8-10-19(11-9-17)25-15-21-22(27-16-25)13-12-20-18(6-4-2)14-23(26)28-24(20)21/h8-14H,3-7,15-16H2,1-2H3. The fraction of sp³-hybridized carbons (Fsp3) is 0.375. The highest BCUT2D eigenvalue weighted by molar-refractivity contribution is 5.85. The van der Waals surface area contributed by atoms with E-state index in [1.807, 2.05) is 12.1 Å². The van der Waals surface area contributed by atoms with Crippen LogP contribution in [0.4, 0.5) is 5.69 Å². The van der Waals surface area contributed by atoms with Crippen LogP contribution >= 0.6 is 0 Å². The largest absolute Gasteiger partial charge is 0.473 e. The molecule has 0 saturated heterocycles. The Bertz CT molecular complexity index is 1020. The number of anilines is 1. The molecule has 1 aromatic heterocycles. The molecule has 1 aliphatic heterocycles. The second-order valence-corrected chi connectivity index (χ2v) is 7.50. The van der Waals surface area contributed by atoms with Crippen LogP contribution < -0.4 is 15.3 Å². The predicted octanol–water partition coefficient (Wildman–Crippen LogP) is 5.44. The number of hydrogen-bond acceptors (Lipinski definition) is 4. The Labute approximate surface area is 165 Å². The van der Waals surface area contributed by atoms with E-state index in [2.05, 4.69) is 43.0 Å². The van der Waals surface area contributed by atoms with Crippen LogP contribution in [0.5, 0.6) is 5.75 Å². The van der Waals surface area contributed by atoms with Crippen LogP contribution in [0.1, 0.15) is 49.8 Å². The maximum atomic E-state index is 12.1. The predicted molar refractivity (Wildman–Crippen MR) is 113 cm³/mol. The zero-order valence-electron chi connectivity index (χ0n) is 16.7. The highest BCUT2D eigenvalue weighted by Crippen LogP contribution is 2.35. The quantitative estimate of drug-likeness (QED) is 0.536. The average molecular weight is 377 g/mol. The van der Waals surface area contributed by atoms with Gasteiger partial charge in [-0.3, -0.25) is 0 Å². The van der Waals surface area contributed by atoms with Crippen LogP contribution in [0.25, 0.3) is 11.0 Å². The molecule has 4 rings (SSSR count). The van der Waals surface area contributed by atoms with Crippen LogP contribution in [0.2, 0.25) is 0 Å². The summed E-state index contributed by atoms with van der Waals surface area (Å²) in [5, 5.41) is 1.01. The Morgan fingerprint density at radius 2 is 1.82 bits per heavy atom. The molecule has 1 aliphatic rings. The lowest BCUT2D eigenvalue weighted by Crippen LogP contribution is -2.32. The van der Waals surface area contributed by atoms with Crippen molar-refractivity contribution in [3.63, 3.8) is 0 Å². The van der Waals surface area contributed by atoms with Crippen molar-refractivity contribution in [1.82, 2.24) is 0 Å². The maximum absolute atomic E-state index is 12.1. The zero-order chi connectivity index (χ0) is 19.5. The number of hydrogen-bond donors (Lipinski definition) is 0. The molecule has 0 bridgehead atoms. The van der Waals surface area contributed by atoms with E-state index in [1.165, 1.54) is 18.4 Å². The molecule has 28 heavy (non-hydrogen) atoms. The minimum atomic E-state index is -0.290. The van der Waals surface area contributed by atoms with E-state index in [0.717, 1.165) is 47.2 Å². The molecule has 0 spiro atoms. The van der Waals surface area contributed by atoms with E-state index in [1.54, 1.807) is 6.07 Å². The first-order chi connectivity index (χ1) is 13.7. The third-order valence-corrected chi connectivity index (χ3v) is 5.42.